The minimum Gasteiger partial charge on any atom is -0.383 e. The molecule has 0 heterocycles. The Kier molecular flexibility index (Phi) is 5.62. The van der Waals surface area contributed by atoms with Crippen LogP contribution in [0.4, 0.5) is 0 Å². The van der Waals surface area contributed by atoms with Crippen molar-refractivity contribution in [1.82, 2.24) is 9.62 Å². The standard InChI is InChI=1S/C14H21ClN2O3S/c1-17(7-8-20-2)21(18,19)14-9-11(3-6-13(14)15)10-16-12-4-5-12/h3,6,9,12,16H,4-5,7-8,10H2,1-2H3. The minimum absolute atomic E-state index is 0.151. The Labute approximate surface area is 131 Å². The monoisotopic (exact) mass is 332 g/mol. The number of rotatable bonds is 8. The van der Waals surface area contributed by atoms with Crippen LogP contribution in [0.2, 0.25) is 5.02 Å². The molecule has 0 aliphatic heterocycles. The van der Waals surface area contributed by atoms with Crippen molar-refractivity contribution in [2.45, 2.75) is 30.3 Å². The van der Waals surface area contributed by atoms with Gasteiger partial charge in [0, 0.05) is 33.3 Å². The molecule has 0 amide bonds. The molecule has 0 bridgehead atoms. The average molecular weight is 333 g/mol. The molecule has 1 aromatic carbocycles. The van der Waals surface area contributed by atoms with E-state index >= 15 is 0 Å². The van der Waals surface area contributed by atoms with Crippen LogP contribution in [0, 0.1) is 0 Å². The Morgan fingerprint density at radius 2 is 2.14 bits per heavy atom. The zero-order valence-corrected chi connectivity index (χ0v) is 13.9. The van der Waals surface area contributed by atoms with Crippen molar-refractivity contribution in [3.8, 4) is 0 Å². The predicted octanol–water partition coefficient (Wildman–Crippen LogP) is 1.86. The summed E-state index contributed by atoms with van der Waals surface area (Å²) in [6, 6.07) is 5.72. The number of nitrogens with one attached hydrogen (secondary N) is 1. The number of methoxy groups -OCH3 is 1. The predicted molar refractivity (Wildman–Crippen MR) is 83.0 cm³/mol. The lowest BCUT2D eigenvalue weighted by atomic mass is 10.2. The summed E-state index contributed by atoms with van der Waals surface area (Å²) < 4.78 is 31.2. The maximum Gasteiger partial charge on any atom is 0.244 e. The molecular weight excluding hydrogens is 312 g/mol. The summed E-state index contributed by atoms with van der Waals surface area (Å²) >= 11 is 6.08. The van der Waals surface area contributed by atoms with Crippen LogP contribution in [0.15, 0.2) is 23.1 Å². The van der Waals surface area contributed by atoms with Crippen molar-refractivity contribution in [3.05, 3.63) is 28.8 Å². The molecule has 0 aromatic heterocycles. The van der Waals surface area contributed by atoms with Crippen LogP contribution in [0.5, 0.6) is 0 Å². The molecule has 1 saturated carbocycles. The van der Waals surface area contributed by atoms with Gasteiger partial charge in [0.1, 0.15) is 4.90 Å². The Hall–Kier alpha value is -0.660. The normalized spacial score (nSPS) is 15.6. The fourth-order valence-corrected chi connectivity index (χ4v) is 3.59. The maximum atomic E-state index is 12.5. The number of halogens is 1. The number of hydrogen-bond acceptors (Lipinski definition) is 4. The summed E-state index contributed by atoms with van der Waals surface area (Å²) in [6.45, 7) is 1.29. The van der Waals surface area contributed by atoms with Gasteiger partial charge in [0.05, 0.1) is 11.6 Å². The van der Waals surface area contributed by atoms with E-state index in [4.69, 9.17) is 16.3 Å². The molecule has 1 fully saturated rings. The van der Waals surface area contributed by atoms with Crippen LogP contribution >= 0.6 is 11.6 Å². The molecule has 1 aliphatic rings. The van der Waals surface area contributed by atoms with Gasteiger partial charge in [-0.2, -0.15) is 4.31 Å². The third-order valence-electron chi connectivity index (χ3n) is 3.47. The lowest BCUT2D eigenvalue weighted by Crippen LogP contribution is -2.30. The van der Waals surface area contributed by atoms with Crippen LogP contribution in [0.1, 0.15) is 18.4 Å². The van der Waals surface area contributed by atoms with Gasteiger partial charge in [-0.1, -0.05) is 17.7 Å². The molecule has 0 saturated heterocycles. The molecule has 7 heteroatoms. The van der Waals surface area contributed by atoms with Gasteiger partial charge in [0.2, 0.25) is 10.0 Å². The van der Waals surface area contributed by atoms with Crippen molar-refractivity contribution in [2.75, 3.05) is 27.3 Å². The number of nitrogens with zero attached hydrogens (tertiary/aromatic N) is 1. The highest BCUT2D eigenvalue weighted by molar-refractivity contribution is 7.89. The summed E-state index contributed by atoms with van der Waals surface area (Å²) in [5.74, 6) is 0. The van der Waals surface area contributed by atoms with E-state index in [1.165, 1.54) is 31.3 Å². The molecule has 0 unspecified atom stereocenters. The molecule has 1 aromatic rings. The van der Waals surface area contributed by atoms with Gasteiger partial charge in [-0.25, -0.2) is 8.42 Å². The molecule has 118 valence electrons. The number of sulfonamides is 1. The number of ether oxygens (including phenoxy) is 1. The molecule has 1 N–H and O–H groups in total. The van der Waals surface area contributed by atoms with E-state index in [1.807, 2.05) is 6.07 Å². The van der Waals surface area contributed by atoms with Gasteiger partial charge >= 0.3 is 0 Å². The lowest BCUT2D eigenvalue weighted by Gasteiger charge is -2.18. The topological polar surface area (TPSA) is 58.6 Å². The average Bonchev–Trinajstić information content (AvgIpc) is 3.27. The Morgan fingerprint density at radius 3 is 2.76 bits per heavy atom. The largest absolute Gasteiger partial charge is 0.383 e. The molecule has 0 atom stereocenters. The van der Waals surface area contributed by atoms with E-state index in [1.54, 1.807) is 12.1 Å². The van der Waals surface area contributed by atoms with E-state index in [0.717, 1.165) is 5.56 Å². The Balaban J connectivity index is 2.17. The van der Waals surface area contributed by atoms with E-state index in [9.17, 15) is 8.42 Å². The molecule has 21 heavy (non-hydrogen) atoms. The first kappa shape index (κ1) is 16.7. The third-order valence-corrected chi connectivity index (χ3v) is 5.80. The SMILES string of the molecule is COCCN(C)S(=O)(=O)c1cc(CNC2CC2)ccc1Cl. The number of hydrogen-bond donors (Lipinski definition) is 1. The first-order chi connectivity index (χ1) is 9.95. The summed E-state index contributed by atoms with van der Waals surface area (Å²) in [5.41, 5.74) is 0.921. The molecular formula is C14H21ClN2O3S. The zero-order valence-electron chi connectivity index (χ0n) is 12.3. The number of likely N-dealkylation sites (N-methyl/N-ethyl adjacent to an activating group) is 1. The van der Waals surface area contributed by atoms with Gasteiger partial charge in [-0.05, 0) is 30.5 Å². The van der Waals surface area contributed by atoms with Crippen molar-refractivity contribution < 1.29 is 13.2 Å². The highest BCUT2D eigenvalue weighted by Crippen LogP contribution is 2.26. The second-order valence-electron chi connectivity index (χ2n) is 5.24. The van der Waals surface area contributed by atoms with E-state index in [-0.39, 0.29) is 9.92 Å². The van der Waals surface area contributed by atoms with Crippen LogP contribution in [0.3, 0.4) is 0 Å². The smallest absolute Gasteiger partial charge is 0.244 e. The van der Waals surface area contributed by atoms with Crippen molar-refractivity contribution in [3.63, 3.8) is 0 Å². The summed E-state index contributed by atoms with van der Waals surface area (Å²) in [7, 11) is -0.527. The first-order valence-electron chi connectivity index (χ1n) is 6.92. The van der Waals surface area contributed by atoms with E-state index < -0.39 is 10.0 Å². The van der Waals surface area contributed by atoms with E-state index in [0.29, 0.717) is 25.7 Å². The number of benzene rings is 1. The van der Waals surface area contributed by atoms with Crippen molar-refractivity contribution in [1.29, 1.82) is 0 Å². The highest BCUT2D eigenvalue weighted by atomic mass is 35.5. The fourth-order valence-electron chi connectivity index (χ4n) is 1.91. The second-order valence-corrected chi connectivity index (χ2v) is 7.66. The van der Waals surface area contributed by atoms with Gasteiger partial charge < -0.3 is 10.1 Å². The highest BCUT2D eigenvalue weighted by Gasteiger charge is 2.24. The molecule has 2 rings (SSSR count). The Morgan fingerprint density at radius 1 is 1.43 bits per heavy atom. The summed E-state index contributed by atoms with van der Waals surface area (Å²) in [4.78, 5) is 0.151. The zero-order chi connectivity index (χ0) is 15.5. The van der Waals surface area contributed by atoms with Gasteiger partial charge in [-0.15, -0.1) is 0 Å². The van der Waals surface area contributed by atoms with Crippen LogP contribution in [-0.2, 0) is 21.3 Å². The first-order valence-corrected chi connectivity index (χ1v) is 8.74. The molecule has 0 spiro atoms. The minimum atomic E-state index is -3.59. The van der Waals surface area contributed by atoms with Crippen LogP contribution in [-0.4, -0.2) is 46.1 Å². The van der Waals surface area contributed by atoms with Gasteiger partial charge in [0.15, 0.2) is 0 Å². The summed E-state index contributed by atoms with van der Waals surface area (Å²) in [5, 5.41) is 3.61. The quantitative estimate of drug-likeness (QED) is 0.789. The fraction of sp³-hybridized carbons (Fsp3) is 0.571. The van der Waals surface area contributed by atoms with Gasteiger partial charge in [0.25, 0.3) is 0 Å². The van der Waals surface area contributed by atoms with Gasteiger partial charge in [-0.3, -0.25) is 0 Å². The lowest BCUT2D eigenvalue weighted by molar-refractivity contribution is 0.185. The maximum absolute atomic E-state index is 12.5. The molecule has 1 aliphatic carbocycles. The summed E-state index contributed by atoms with van der Waals surface area (Å²) in [6.07, 6.45) is 2.39. The van der Waals surface area contributed by atoms with Crippen LogP contribution in [0.25, 0.3) is 0 Å². The molecule has 0 radical (unpaired) electrons. The molecule has 5 nitrogen and oxygen atoms in total. The Bertz CT molecular complexity index is 588. The third kappa shape index (κ3) is 4.40. The second kappa shape index (κ2) is 7.07. The van der Waals surface area contributed by atoms with Crippen LogP contribution < -0.4 is 5.32 Å². The van der Waals surface area contributed by atoms with Crippen molar-refractivity contribution >= 4 is 21.6 Å². The van der Waals surface area contributed by atoms with E-state index in [2.05, 4.69) is 5.32 Å². The van der Waals surface area contributed by atoms with Crippen molar-refractivity contribution in [2.24, 2.45) is 0 Å².